The second-order valence-corrected chi connectivity index (χ2v) is 4.84. The number of benzene rings is 2. The van der Waals surface area contributed by atoms with Gasteiger partial charge in [0.05, 0.1) is 0 Å². The van der Waals surface area contributed by atoms with Crippen LogP contribution in [0.5, 0.6) is 0 Å². The molecule has 1 aliphatic carbocycles. The number of esters is 1. The SMILES string of the molecule is CC(=O)OC1(c2ccccc2)C(=O)c2ccccc2C1=O. The highest BCUT2D eigenvalue weighted by molar-refractivity contribution is 6.32. The monoisotopic (exact) mass is 280 g/mol. The Morgan fingerprint density at radius 2 is 1.33 bits per heavy atom. The number of hydrogen-bond acceptors (Lipinski definition) is 4. The van der Waals surface area contributed by atoms with Crippen molar-refractivity contribution in [1.29, 1.82) is 0 Å². The van der Waals surface area contributed by atoms with Crippen LogP contribution in [0.3, 0.4) is 0 Å². The number of rotatable bonds is 2. The van der Waals surface area contributed by atoms with Gasteiger partial charge in [0.25, 0.3) is 5.60 Å². The van der Waals surface area contributed by atoms with Crippen molar-refractivity contribution < 1.29 is 19.1 Å². The number of fused-ring (bicyclic) bond motifs is 1. The van der Waals surface area contributed by atoms with Gasteiger partial charge in [-0.3, -0.25) is 14.4 Å². The average molecular weight is 280 g/mol. The van der Waals surface area contributed by atoms with Gasteiger partial charge in [-0.2, -0.15) is 0 Å². The maximum absolute atomic E-state index is 12.8. The Labute approximate surface area is 121 Å². The summed E-state index contributed by atoms with van der Waals surface area (Å²) in [6.45, 7) is 1.19. The lowest BCUT2D eigenvalue weighted by Gasteiger charge is -2.25. The molecule has 21 heavy (non-hydrogen) atoms. The molecule has 3 rings (SSSR count). The van der Waals surface area contributed by atoms with Crippen LogP contribution in [-0.2, 0) is 15.1 Å². The first-order valence-electron chi connectivity index (χ1n) is 6.51. The number of carbonyl (C=O) groups is 3. The van der Waals surface area contributed by atoms with Crippen molar-refractivity contribution in [3.63, 3.8) is 0 Å². The molecule has 0 atom stereocenters. The molecule has 1 aliphatic rings. The Morgan fingerprint density at radius 3 is 1.81 bits per heavy atom. The predicted molar refractivity (Wildman–Crippen MR) is 75.0 cm³/mol. The van der Waals surface area contributed by atoms with E-state index in [1.165, 1.54) is 6.92 Å². The molecule has 2 aromatic carbocycles. The highest BCUT2D eigenvalue weighted by atomic mass is 16.6. The fourth-order valence-electron chi connectivity index (χ4n) is 2.66. The number of ketones is 2. The van der Waals surface area contributed by atoms with Crippen molar-refractivity contribution in [2.24, 2.45) is 0 Å². The van der Waals surface area contributed by atoms with E-state index >= 15 is 0 Å². The number of Topliss-reactive ketones (excluding diaryl/α,β-unsaturated/α-hetero) is 2. The van der Waals surface area contributed by atoms with Crippen LogP contribution >= 0.6 is 0 Å². The first-order valence-corrected chi connectivity index (χ1v) is 6.51. The molecule has 4 nitrogen and oxygen atoms in total. The smallest absolute Gasteiger partial charge is 0.304 e. The summed E-state index contributed by atoms with van der Waals surface area (Å²) in [5, 5.41) is 0. The minimum Gasteiger partial charge on any atom is -0.437 e. The maximum atomic E-state index is 12.8. The van der Waals surface area contributed by atoms with Crippen molar-refractivity contribution in [3.05, 3.63) is 71.3 Å². The molecule has 0 saturated heterocycles. The van der Waals surface area contributed by atoms with E-state index in [1.807, 2.05) is 0 Å². The zero-order chi connectivity index (χ0) is 15.0. The van der Waals surface area contributed by atoms with Gasteiger partial charge < -0.3 is 4.74 Å². The standard InChI is InChI=1S/C17H12O4/c1-11(18)21-17(12-7-3-2-4-8-12)15(19)13-9-5-6-10-14(13)16(17)20/h2-10H,1H3. The largest absolute Gasteiger partial charge is 0.437 e. The summed E-state index contributed by atoms with van der Waals surface area (Å²) < 4.78 is 5.25. The van der Waals surface area contributed by atoms with Gasteiger partial charge in [-0.25, -0.2) is 0 Å². The normalized spacial score (nSPS) is 15.7. The first-order chi connectivity index (χ1) is 10.1. The third-order valence-electron chi connectivity index (χ3n) is 3.53. The van der Waals surface area contributed by atoms with E-state index in [0.29, 0.717) is 5.56 Å². The van der Waals surface area contributed by atoms with Crippen molar-refractivity contribution in [2.45, 2.75) is 12.5 Å². The summed E-state index contributed by atoms with van der Waals surface area (Å²) in [5.41, 5.74) is -0.955. The van der Waals surface area contributed by atoms with Crippen LogP contribution in [0.4, 0.5) is 0 Å². The van der Waals surface area contributed by atoms with Gasteiger partial charge in [-0.15, -0.1) is 0 Å². The van der Waals surface area contributed by atoms with Gasteiger partial charge >= 0.3 is 5.97 Å². The fraction of sp³-hybridized carbons (Fsp3) is 0.118. The lowest BCUT2D eigenvalue weighted by Crippen LogP contribution is -2.42. The molecular formula is C17H12O4. The van der Waals surface area contributed by atoms with Gasteiger partial charge in [0.2, 0.25) is 11.6 Å². The Morgan fingerprint density at radius 1 is 0.857 bits per heavy atom. The molecule has 0 unspecified atom stereocenters. The summed E-state index contributed by atoms with van der Waals surface area (Å²) in [6.07, 6.45) is 0. The molecule has 0 amide bonds. The minimum absolute atomic E-state index is 0.285. The van der Waals surface area contributed by atoms with E-state index in [2.05, 4.69) is 0 Å². The lowest BCUT2D eigenvalue weighted by atomic mass is 9.88. The lowest BCUT2D eigenvalue weighted by molar-refractivity contribution is -0.149. The molecule has 0 N–H and O–H groups in total. The van der Waals surface area contributed by atoms with E-state index < -0.39 is 23.1 Å². The van der Waals surface area contributed by atoms with Gasteiger partial charge in [-0.05, 0) is 0 Å². The third-order valence-corrected chi connectivity index (χ3v) is 3.53. The molecule has 0 aliphatic heterocycles. The van der Waals surface area contributed by atoms with Gasteiger partial charge in [-0.1, -0.05) is 54.6 Å². The van der Waals surface area contributed by atoms with Crippen LogP contribution in [0.25, 0.3) is 0 Å². The molecule has 0 fully saturated rings. The number of ether oxygens (including phenoxy) is 1. The highest BCUT2D eigenvalue weighted by Crippen LogP contribution is 2.40. The summed E-state index contributed by atoms with van der Waals surface area (Å²) in [6, 6.07) is 14.9. The van der Waals surface area contributed by atoms with Gasteiger partial charge in [0.15, 0.2) is 0 Å². The van der Waals surface area contributed by atoms with Crippen LogP contribution in [0.1, 0.15) is 33.2 Å². The van der Waals surface area contributed by atoms with Crippen LogP contribution in [0.2, 0.25) is 0 Å². The molecular weight excluding hydrogens is 268 g/mol. The molecule has 0 saturated carbocycles. The Kier molecular flexibility index (Phi) is 2.94. The van der Waals surface area contributed by atoms with Crippen molar-refractivity contribution in [2.75, 3.05) is 0 Å². The van der Waals surface area contributed by atoms with Crippen LogP contribution in [0.15, 0.2) is 54.6 Å². The topological polar surface area (TPSA) is 60.4 Å². The maximum Gasteiger partial charge on any atom is 0.304 e. The summed E-state index contributed by atoms with van der Waals surface area (Å²) in [5.74, 6) is -1.66. The first kappa shape index (κ1) is 13.2. The molecule has 0 bridgehead atoms. The summed E-state index contributed by atoms with van der Waals surface area (Å²) in [7, 11) is 0. The van der Waals surface area contributed by atoms with Crippen molar-refractivity contribution >= 4 is 17.5 Å². The molecule has 0 aromatic heterocycles. The van der Waals surface area contributed by atoms with E-state index in [4.69, 9.17) is 4.74 Å². The van der Waals surface area contributed by atoms with Crippen molar-refractivity contribution in [3.8, 4) is 0 Å². The number of hydrogen-bond donors (Lipinski definition) is 0. The molecule has 0 radical (unpaired) electrons. The molecule has 104 valence electrons. The molecule has 0 heterocycles. The molecule has 0 spiro atoms. The quantitative estimate of drug-likeness (QED) is 0.626. The summed E-state index contributed by atoms with van der Waals surface area (Å²) >= 11 is 0. The number of carbonyl (C=O) groups excluding carboxylic acids is 3. The van der Waals surface area contributed by atoms with E-state index in [1.54, 1.807) is 54.6 Å². The van der Waals surface area contributed by atoms with E-state index in [0.717, 1.165) is 0 Å². The van der Waals surface area contributed by atoms with Crippen LogP contribution < -0.4 is 0 Å². The minimum atomic E-state index is -1.89. The van der Waals surface area contributed by atoms with Crippen LogP contribution in [-0.4, -0.2) is 17.5 Å². The average Bonchev–Trinajstić information content (AvgIpc) is 2.71. The molecule has 4 heteroatoms. The van der Waals surface area contributed by atoms with Gasteiger partial charge in [0, 0.05) is 23.6 Å². The van der Waals surface area contributed by atoms with Crippen molar-refractivity contribution in [1.82, 2.24) is 0 Å². The van der Waals surface area contributed by atoms with E-state index in [9.17, 15) is 14.4 Å². The Bertz CT molecular complexity index is 711. The second kappa shape index (κ2) is 4.66. The predicted octanol–water partition coefficient (Wildman–Crippen LogP) is 2.52. The van der Waals surface area contributed by atoms with Gasteiger partial charge in [0.1, 0.15) is 0 Å². The Balaban J connectivity index is 2.26. The Hall–Kier alpha value is -2.75. The highest BCUT2D eigenvalue weighted by Gasteiger charge is 2.57. The second-order valence-electron chi connectivity index (χ2n) is 4.84. The van der Waals surface area contributed by atoms with Crippen LogP contribution in [0, 0.1) is 0 Å². The fourth-order valence-corrected chi connectivity index (χ4v) is 2.66. The summed E-state index contributed by atoms with van der Waals surface area (Å²) in [4.78, 5) is 37.0. The molecule has 2 aromatic rings. The van der Waals surface area contributed by atoms with E-state index in [-0.39, 0.29) is 11.1 Å². The zero-order valence-corrected chi connectivity index (χ0v) is 11.3. The zero-order valence-electron chi connectivity index (χ0n) is 11.3. The third kappa shape index (κ3) is 1.80.